The molecule has 0 unspecified atom stereocenters. The van der Waals surface area contributed by atoms with E-state index in [0.717, 1.165) is 23.4 Å². The molecule has 0 spiro atoms. The van der Waals surface area contributed by atoms with E-state index in [1.165, 1.54) is 11.3 Å². The average Bonchev–Trinajstić information content (AvgIpc) is 2.84. The smallest absolute Gasteiger partial charge is 0.226 e. The molecule has 1 aromatic carbocycles. The van der Waals surface area contributed by atoms with Gasteiger partial charge in [-0.1, -0.05) is 42.0 Å². The summed E-state index contributed by atoms with van der Waals surface area (Å²) in [6, 6.07) is 7.54. The van der Waals surface area contributed by atoms with E-state index in [1.807, 2.05) is 24.3 Å². The number of benzene rings is 1. The van der Waals surface area contributed by atoms with Gasteiger partial charge in [0.15, 0.2) is 0 Å². The summed E-state index contributed by atoms with van der Waals surface area (Å²) in [5.41, 5.74) is 1.05. The second-order valence-corrected chi connectivity index (χ2v) is 5.93. The molecule has 0 bridgehead atoms. The van der Waals surface area contributed by atoms with E-state index in [2.05, 4.69) is 22.4 Å². The maximum atomic E-state index is 11.8. The second-order valence-electron chi connectivity index (χ2n) is 4.43. The lowest BCUT2D eigenvalue weighted by Gasteiger charge is -2.02. The zero-order valence-corrected chi connectivity index (χ0v) is 12.8. The molecular weight excluding hydrogens is 294 g/mol. The fourth-order valence-corrected chi connectivity index (χ4v) is 2.82. The quantitative estimate of drug-likeness (QED) is 0.885. The van der Waals surface area contributed by atoms with Crippen molar-refractivity contribution in [2.45, 2.75) is 32.6 Å². The molecule has 0 saturated carbocycles. The Morgan fingerprint density at radius 1 is 1.35 bits per heavy atom. The summed E-state index contributed by atoms with van der Waals surface area (Å²) in [6.45, 7) is 2.09. The minimum atomic E-state index is -0.0517. The molecule has 0 fully saturated rings. The number of aromatic nitrogens is 2. The molecule has 0 aliphatic rings. The molecule has 20 heavy (non-hydrogen) atoms. The summed E-state index contributed by atoms with van der Waals surface area (Å²) >= 11 is 7.34. The molecule has 0 aliphatic carbocycles. The van der Waals surface area contributed by atoms with Crippen molar-refractivity contribution >= 4 is 34.0 Å². The molecule has 6 heteroatoms. The third-order valence-corrected chi connectivity index (χ3v) is 3.84. The molecule has 0 saturated heterocycles. The first-order valence-corrected chi connectivity index (χ1v) is 7.73. The summed E-state index contributed by atoms with van der Waals surface area (Å²) in [4.78, 5) is 11.8. The van der Waals surface area contributed by atoms with Crippen LogP contribution in [0.1, 0.15) is 30.3 Å². The van der Waals surface area contributed by atoms with Crippen LogP contribution in [0.3, 0.4) is 0 Å². The first kappa shape index (κ1) is 14.9. The van der Waals surface area contributed by atoms with E-state index in [4.69, 9.17) is 11.6 Å². The van der Waals surface area contributed by atoms with E-state index in [0.29, 0.717) is 23.0 Å². The van der Waals surface area contributed by atoms with Crippen LogP contribution in [0.25, 0.3) is 0 Å². The fraction of sp³-hybridized carbons (Fsp3) is 0.357. The zero-order chi connectivity index (χ0) is 14.4. The van der Waals surface area contributed by atoms with Crippen LogP contribution >= 0.6 is 22.9 Å². The van der Waals surface area contributed by atoms with E-state index in [1.54, 1.807) is 0 Å². The molecule has 2 rings (SSSR count). The van der Waals surface area contributed by atoms with Crippen molar-refractivity contribution in [3.63, 3.8) is 0 Å². The number of hydrogen-bond acceptors (Lipinski definition) is 4. The summed E-state index contributed by atoms with van der Waals surface area (Å²) in [7, 11) is 0. The molecule has 1 amide bonds. The molecule has 4 nitrogen and oxygen atoms in total. The Bertz CT molecular complexity index is 585. The van der Waals surface area contributed by atoms with Gasteiger partial charge >= 0.3 is 0 Å². The number of aryl methyl sites for hydroxylation is 2. The molecule has 1 N–H and O–H groups in total. The van der Waals surface area contributed by atoms with Gasteiger partial charge in [-0.3, -0.25) is 4.79 Å². The first-order valence-electron chi connectivity index (χ1n) is 6.54. The molecule has 1 heterocycles. The van der Waals surface area contributed by atoms with Gasteiger partial charge < -0.3 is 5.32 Å². The Kier molecular flexibility index (Phi) is 5.49. The predicted molar refractivity (Wildman–Crippen MR) is 82.3 cm³/mol. The van der Waals surface area contributed by atoms with Gasteiger partial charge in [0.05, 0.1) is 0 Å². The molecule has 1 aromatic heterocycles. The Morgan fingerprint density at radius 2 is 2.20 bits per heavy atom. The lowest BCUT2D eigenvalue weighted by Crippen LogP contribution is -2.12. The molecular formula is C14H16ClN3OS. The largest absolute Gasteiger partial charge is 0.301 e. The highest BCUT2D eigenvalue weighted by molar-refractivity contribution is 7.15. The normalized spacial score (nSPS) is 10.5. The van der Waals surface area contributed by atoms with Gasteiger partial charge in [0.1, 0.15) is 5.01 Å². The molecule has 2 aromatic rings. The van der Waals surface area contributed by atoms with Crippen LogP contribution in [-0.2, 0) is 17.6 Å². The van der Waals surface area contributed by atoms with Gasteiger partial charge in [0.25, 0.3) is 0 Å². The van der Waals surface area contributed by atoms with Crippen LogP contribution in [0.15, 0.2) is 24.3 Å². The van der Waals surface area contributed by atoms with Crippen molar-refractivity contribution in [1.29, 1.82) is 0 Å². The van der Waals surface area contributed by atoms with Gasteiger partial charge in [0, 0.05) is 17.9 Å². The lowest BCUT2D eigenvalue weighted by molar-refractivity contribution is -0.116. The number of carbonyl (C=O) groups excluding carboxylic acids is 1. The van der Waals surface area contributed by atoms with Crippen molar-refractivity contribution in [2.24, 2.45) is 0 Å². The van der Waals surface area contributed by atoms with E-state index >= 15 is 0 Å². The molecule has 106 valence electrons. The number of nitrogens with one attached hydrogen (secondary N) is 1. The standard InChI is InChI=1S/C14H16ClN3OS/c1-2-4-13-17-18-14(20-13)16-12(19)8-7-10-5-3-6-11(15)9-10/h3,5-6,9H,2,4,7-8H2,1H3,(H,16,18,19). The van der Waals surface area contributed by atoms with Crippen molar-refractivity contribution in [2.75, 3.05) is 5.32 Å². The molecule has 0 radical (unpaired) electrons. The van der Waals surface area contributed by atoms with Crippen molar-refractivity contribution < 1.29 is 4.79 Å². The zero-order valence-electron chi connectivity index (χ0n) is 11.2. The highest BCUT2D eigenvalue weighted by Crippen LogP contribution is 2.17. The van der Waals surface area contributed by atoms with Crippen LogP contribution in [0.5, 0.6) is 0 Å². The monoisotopic (exact) mass is 309 g/mol. The second kappa shape index (κ2) is 7.36. The van der Waals surface area contributed by atoms with Crippen LogP contribution in [0.2, 0.25) is 5.02 Å². The number of amides is 1. The van der Waals surface area contributed by atoms with E-state index in [-0.39, 0.29) is 5.91 Å². The SMILES string of the molecule is CCCc1nnc(NC(=O)CCc2cccc(Cl)c2)s1. The Balaban J connectivity index is 1.82. The van der Waals surface area contributed by atoms with Gasteiger partial charge in [-0.15, -0.1) is 10.2 Å². The van der Waals surface area contributed by atoms with Crippen LogP contribution in [0.4, 0.5) is 5.13 Å². The molecule has 0 aliphatic heterocycles. The van der Waals surface area contributed by atoms with Gasteiger partial charge in [-0.05, 0) is 30.5 Å². The number of nitrogens with zero attached hydrogens (tertiary/aromatic N) is 2. The Labute approximate surface area is 127 Å². The highest BCUT2D eigenvalue weighted by atomic mass is 35.5. The van der Waals surface area contributed by atoms with Crippen LogP contribution < -0.4 is 5.32 Å². The lowest BCUT2D eigenvalue weighted by atomic mass is 10.1. The number of anilines is 1. The number of carbonyl (C=O) groups is 1. The average molecular weight is 310 g/mol. The van der Waals surface area contributed by atoms with Crippen molar-refractivity contribution in [1.82, 2.24) is 10.2 Å². The maximum Gasteiger partial charge on any atom is 0.226 e. The van der Waals surface area contributed by atoms with Crippen LogP contribution in [0, 0.1) is 0 Å². The van der Waals surface area contributed by atoms with Crippen molar-refractivity contribution in [3.05, 3.63) is 39.9 Å². The summed E-state index contributed by atoms with van der Waals surface area (Å²) < 4.78 is 0. The van der Waals surface area contributed by atoms with Gasteiger partial charge in [-0.25, -0.2) is 0 Å². The topological polar surface area (TPSA) is 54.9 Å². The van der Waals surface area contributed by atoms with E-state index in [9.17, 15) is 4.79 Å². The summed E-state index contributed by atoms with van der Waals surface area (Å²) in [5.74, 6) is -0.0517. The third kappa shape index (κ3) is 4.58. The summed E-state index contributed by atoms with van der Waals surface area (Å²) in [5, 5.41) is 13.0. The van der Waals surface area contributed by atoms with Crippen molar-refractivity contribution in [3.8, 4) is 0 Å². The fourth-order valence-electron chi connectivity index (χ4n) is 1.75. The number of hydrogen-bond donors (Lipinski definition) is 1. The maximum absolute atomic E-state index is 11.8. The Hall–Kier alpha value is -1.46. The van der Waals surface area contributed by atoms with E-state index < -0.39 is 0 Å². The van der Waals surface area contributed by atoms with Crippen LogP contribution in [-0.4, -0.2) is 16.1 Å². The molecule has 0 atom stereocenters. The third-order valence-electron chi connectivity index (χ3n) is 2.71. The number of halogens is 1. The van der Waals surface area contributed by atoms with Gasteiger partial charge in [-0.2, -0.15) is 0 Å². The van der Waals surface area contributed by atoms with Gasteiger partial charge in [0.2, 0.25) is 11.0 Å². The number of rotatable bonds is 6. The highest BCUT2D eigenvalue weighted by Gasteiger charge is 2.08. The minimum Gasteiger partial charge on any atom is -0.301 e. The predicted octanol–water partition coefficient (Wildman–Crippen LogP) is 3.72. The first-order chi connectivity index (χ1) is 9.67. The minimum absolute atomic E-state index is 0.0517. The summed E-state index contributed by atoms with van der Waals surface area (Å²) in [6.07, 6.45) is 2.99. The Morgan fingerprint density at radius 3 is 2.95 bits per heavy atom.